The minimum Gasteiger partial charge on any atom is -0.339 e. The number of hydrogen-bond donors (Lipinski definition) is 2. The van der Waals surface area contributed by atoms with Crippen molar-refractivity contribution in [2.45, 2.75) is 44.4 Å². The van der Waals surface area contributed by atoms with E-state index in [0.29, 0.717) is 40.7 Å². The number of carbonyl (C=O) groups is 1. The van der Waals surface area contributed by atoms with Crippen LogP contribution in [0.4, 0.5) is 17.2 Å². The van der Waals surface area contributed by atoms with E-state index in [1.54, 1.807) is 28.6 Å². The van der Waals surface area contributed by atoms with Gasteiger partial charge in [0.2, 0.25) is 15.9 Å². The minimum absolute atomic E-state index is 0.124. The second-order valence-corrected chi connectivity index (χ2v) is 10.4. The number of amides is 1. The Hall–Kier alpha value is -3.30. The van der Waals surface area contributed by atoms with Crippen molar-refractivity contribution in [3.63, 3.8) is 0 Å². The maximum Gasteiger partial charge on any atom is 0.243 e. The van der Waals surface area contributed by atoms with Crippen molar-refractivity contribution in [2.24, 2.45) is 0 Å². The van der Waals surface area contributed by atoms with Crippen LogP contribution in [-0.2, 0) is 14.8 Å². The highest BCUT2D eigenvalue weighted by atomic mass is 32.2. The van der Waals surface area contributed by atoms with Crippen molar-refractivity contribution in [3.8, 4) is 11.3 Å². The molecule has 2 N–H and O–H groups in total. The maximum atomic E-state index is 13.3. The van der Waals surface area contributed by atoms with Gasteiger partial charge in [0, 0.05) is 37.0 Å². The van der Waals surface area contributed by atoms with E-state index in [-0.39, 0.29) is 5.91 Å². The molecule has 0 spiro atoms. The van der Waals surface area contributed by atoms with Gasteiger partial charge >= 0.3 is 0 Å². The molecule has 34 heavy (non-hydrogen) atoms. The van der Waals surface area contributed by atoms with Crippen LogP contribution in [0, 0.1) is 6.92 Å². The molecule has 1 aliphatic heterocycles. The lowest BCUT2D eigenvalue weighted by Crippen LogP contribution is -2.32. The van der Waals surface area contributed by atoms with Crippen LogP contribution in [0.3, 0.4) is 0 Å². The Morgan fingerprint density at radius 2 is 1.56 bits per heavy atom. The number of rotatable bonds is 6. The monoisotopic (exact) mass is 479 g/mol. The highest BCUT2D eigenvalue weighted by Gasteiger charge is 2.27. The van der Waals surface area contributed by atoms with Crippen LogP contribution in [0.1, 0.15) is 38.2 Å². The summed E-state index contributed by atoms with van der Waals surface area (Å²) in [6.07, 6.45) is 3.93. The Morgan fingerprint density at radius 1 is 0.882 bits per heavy atom. The number of nitrogens with zero attached hydrogens (tertiary/aromatic N) is 3. The lowest BCUT2D eigenvalue weighted by atomic mass is 10.1. The van der Waals surface area contributed by atoms with Crippen molar-refractivity contribution in [1.82, 2.24) is 14.5 Å². The lowest BCUT2D eigenvalue weighted by molar-refractivity contribution is -0.114. The van der Waals surface area contributed by atoms with Crippen LogP contribution >= 0.6 is 0 Å². The van der Waals surface area contributed by atoms with Crippen molar-refractivity contribution in [2.75, 3.05) is 23.7 Å². The Kier molecular flexibility index (Phi) is 7.23. The van der Waals surface area contributed by atoms with E-state index in [1.807, 2.05) is 37.3 Å². The van der Waals surface area contributed by atoms with Crippen LogP contribution in [0.25, 0.3) is 11.3 Å². The normalized spacial score (nSPS) is 14.9. The summed E-state index contributed by atoms with van der Waals surface area (Å²) < 4.78 is 28.3. The standard InChI is InChI=1S/C25H29N5O3S/c1-18-7-8-20(17-24(18)34(32,33)30-15-5-3-4-6-16-30)23-13-14-25(29-28-23)27-22-11-9-21(10-12-22)26-19(2)31/h7-14,17H,3-6,15-16H2,1-2H3,(H,26,31)(H,27,29). The van der Waals surface area contributed by atoms with E-state index < -0.39 is 10.0 Å². The fourth-order valence-corrected chi connectivity index (χ4v) is 5.77. The molecule has 1 amide bonds. The Labute approximate surface area is 200 Å². The van der Waals surface area contributed by atoms with Gasteiger partial charge in [-0.1, -0.05) is 25.0 Å². The average molecular weight is 480 g/mol. The predicted molar refractivity (Wildman–Crippen MR) is 133 cm³/mol. The van der Waals surface area contributed by atoms with Crippen molar-refractivity contribution in [3.05, 3.63) is 60.2 Å². The highest BCUT2D eigenvalue weighted by Crippen LogP contribution is 2.28. The van der Waals surface area contributed by atoms with E-state index in [9.17, 15) is 13.2 Å². The van der Waals surface area contributed by atoms with Crippen LogP contribution in [-0.4, -0.2) is 41.9 Å². The first-order valence-corrected chi connectivity index (χ1v) is 12.9. The highest BCUT2D eigenvalue weighted by molar-refractivity contribution is 7.89. The van der Waals surface area contributed by atoms with Gasteiger partial charge in [-0.15, -0.1) is 10.2 Å². The van der Waals surface area contributed by atoms with Crippen molar-refractivity contribution < 1.29 is 13.2 Å². The summed E-state index contributed by atoms with van der Waals surface area (Å²) in [6, 6.07) is 16.3. The van der Waals surface area contributed by atoms with Gasteiger partial charge in [-0.2, -0.15) is 4.31 Å². The number of aromatic nitrogens is 2. The van der Waals surface area contributed by atoms with E-state index in [0.717, 1.165) is 36.9 Å². The molecule has 1 aromatic heterocycles. The van der Waals surface area contributed by atoms with Gasteiger partial charge in [-0.3, -0.25) is 4.79 Å². The minimum atomic E-state index is -3.56. The van der Waals surface area contributed by atoms with Gasteiger partial charge < -0.3 is 10.6 Å². The van der Waals surface area contributed by atoms with Crippen LogP contribution in [0.15, 0.2) is 59.5 Å². The largest absolute Gasteiger partial charge is 0.339 e. The zero-order valence-corrected chi connectivity index (χ0v) is 20.2. The molecule has 3 aromatic rings. The van der Waals surface area contributed by atoms with Gasteiger partial charge in [-0.25, -0.2) is 8.42 Å². The number of sulfonamides is 1. The number of nitrogens with one attached hydrogen (secondary N) is 2. The smallest absolute Gasteiger partial charge is 0.243 e. The molecule has 0 saturated carbocycles. The van der Waals surface area contributed by atoms with Crippen LogP contribution < -0.4 is 10.6 Å². The summed E-state index contributed by atoms with van der Waals surface area (Å²) in [4.78, 5) is 11.5. The average Bonchev–Trinajstić information content (AvgIpc) is 3.11. The second kappa shape index (κ2) is 10.3. The number of aryl methyl sites for hydroxylation is 1. The molecule has 0 unspecified atom stereocenters. The predicted octanol–water partition coefficient (Wildman–Crippen LogP) is 4.72. The molecule has 1 fully saturated rings. The maximum absolute atomic E-state index is 13.3. The SMILES string of the molecule is CC(=O)Nc1ccc(Nc2ccc(-c3ccc(C)c(S(=O)(=O)N4CCCCCC4)c3)nn2)cc1. The summed E-state index contributed by atoms with van der Waals surface area (Å²) in [7, 11) is -3.56. The third-order valence-electron chi connectivity index (χ3n) is 5.81. The quantitative estimate of drug-likeness (QED) is 0.530. The number of carbonyl (C=O) groups excluding carboxylic acids is 1. The van der Waals surface area contributed by atoms with E-state index in [1.165, 1.54) is 6.92 Å². The van der Waals surface area contributed by atoms with Gasteiger partial charge in [0.05, 0.1) is 10.6 Å². The molecule has 0 aliphatic carbocycles. The zero-order valence-electron chi connectivity index (χ0n) is 19.4. The molecule has 4 rings (SSSR count). The Morgan fingerprint density at radius 3 is 2.18 bits per heavy atom. The first-order valence-electron chi connectivity index (χ1n) is 11.4. The number of benzene rings is 2. The lowest BCUT2D eigenvalue weighted by Gasteiger charge is -2.21. The van der Waals surface area contributed by atoms with E-state index in [2.05, 4.69) is 20.8 Å². The first kappa shape index (κ1) is 23.8. The topological polar surface area (TPSA) is 104 Å². The molecule has 0 bridgehead atoms. The Bertz CT molecular complexity index is 1250. The third kappa shape index (κ3) is 5.60. The molecular weight excluding hydrogens is 450 g/mol. The van der Waals surface area contributed by atoms with Gasteiger partial charge in [-0.05, 0) is 67.8 Å². The van der Waals surface area contributed by atoms with Crippen molar-refractivity contribution in [1.29, 1.82) is 0 Å². The summed E-state index contributed by atoms with van der Waals surface area (Å²) in [5, 5.41) is 14.4. The fourth-order valence-electron chi connectivity index (χ4n) is 4.00. The Balaban J connectivity index is 1.52. The molecule has 1 aliphatic rings. The number of hydrogen-bond acceptors (Lipinski definition) is 6. The molecule has 1 saturated heterocycles. The molecule has 2 aromatic carbocycles. The van der Waals surface area contributed by atoms with Gasteiger partial charge in [0.15, 0.2) is 5.82 Å². The molecule has 178 valence electrons. The van der Waals surface area contributed by atoms with E-state index >= 15 is 0 Å². The molecule has 2 heterocycles. The summed E-state index contributed by atoms with van der Waals surface area (Å²) in [5.74, 6) is 0.432. The summed E-state index contributed by atoms with van der Waals surface area (Å²) >= 11 is 0. The number of anilines is 3. The molecule has 8 nitrogen and oxygen atoms in total. The van der Waals surface area contributed by atoms with Gasteiger partial charge in [0.25, 0.3) is 0 Å². The first-order chi connectivity index (χ1) is 16.3. The summed E-state index contributed by atoms with van der Waals surface area (Å²) in [5.41, 5.74) is 3.54. The molecule has 9 heteroatoms. The van der Waals surface area contributed by atoms with Crippen LogP contribution in [0.5, 0.6) is 0 Å². The molecular formula is C25H29N5O3S. The fraction of sp³-hybridized carbons (Fsp3) is 0.320. The van der Waals surface area contributed by atoms with Gasteiger partial charge in [0.1, 0.15) is 0 Å². The molecule has 0 atom stereocenters. The summed E-state index contributed by atoms with van der Waals surface area (Å²) in [6.45, 7) is 4.42. The third-order valence-corrected chi connectivity index (χ3v) is 7.85. The molecule has 0 radical (unpaired) electrons. The van der Waals surface area contributed by atoms with Crippen molar-refractivity contribution >= 4 is 33.1 Å². The second-order valence-electron chi connectivity index (χ2n) is 8.49. The van der Waals surface area contributed by atoms with Crippen LogP contribution in [0.2, 0.25) is 0 Å². The van der Waals surface area contributed by atoms with E-state index in [4.69, 9.17) is 0 Å². The zero-order chi connectivity index (χ0) is 24.1.